The molecule has 1 heterocycles. The maximum atomic E-state index is 4.32. The molecular formula is C19H27N5. The Morgan fingerprint density at radius 3 is 2.62 bits per heavy atom. The fourth-order valence-electron chi connectivity index (χ4n) is 2.41. The number of hydrogen-bond donors (Lipinski definition) is 2. The molecule has 0 bridgehead atoms. The lowest BCUT2D eigenvalue weighted by molar-refractivity contribution is 0.782. The number of hydrogen-bond acceptors (Lipinski definition) is 3. The topological polar surface area (TPSA) is 52.6 Å². The van der Waals surface area contributed by atoms with Crippen LogP contribution in [0.15, 0.2) is 47.6 Å². The second kappa shape index (κ2) is 8.91. The van der Waals surface area contributed by atoms with Gasteiger partial charge in [0.1, 0.15) is 0 Å². The molecule has 5 heteroatoms. The third-order valence-corrected chi connectivity index (χ3v) is 3.91. The molecule has 0 aliphatic heterocycles. The van der Waals surface area contributed by atoms with Crippen LogP contribution in [0.1, 0.15) is 16.8 Å². The minimum Gasteiger partial charge on any atom is -0.378 e. The fraction of sp³-hybridized carbons (Fsp3) is 0.368. The highest BCUT2D eigenvalue weighted by Gasteiger charge is 2.03. The van der Waals surface area contributed by atoms with E-state index in [1.807, 2.05) is 24.4 Å². The van der Waals surface area contributed by atoms with Gasteiger partial charge in [0.25, 0.3) is 0 Å². The van der Waals surface area contributed by atoms with Crippen LogP contribution in [0.4, 0.5) is 5.69 Å². The van der Waals surface area contributed by atoms with E-state index in [-0.39, 0.29) is 0 Å². The third-order valence-electron chi connectivity index (χ3n) is 3.91. The van der Waals surface area contributed by atoms with Gasteiger partial charge in [0.05, 0.1) is 0 Å². The molecule has 0 radical (unpaired) electrons. The Hall–Kier alpha value is -2.56. The summed E-state index contributed by atoms with van der Waals surface area (Å²) in [5, 5.41) is 6.69. The average Bonchev–Trinajstić information content (AvgIpc) is 2.59. The number of nitrogens with zero attached hydrogens (tertiary/aromatic N) is 3. The van der Waals surface area contributed by atoms with Crippen molar-refractivity contribution < 1.29 is 0 Å². The molecule has 0 saturated carbocycles. The lowest BCUT2D eigenvalue weighted by Crippen LogP contribution is -2.38. The molecule has 24 heavy (non-hydrogen) atoms. The predicted molar refractivity (Wildman–Crippen MR) is 102 cm³/mol. The molecule has 2 aromatic rings. The lowest BCUT2D eigenvalue weighted by atomic mass is 10.1. The highest BCUT2D eigenvalue weighted by molar-refractivity contribution is 5.79. The molecule has 0 atom stereocenters. The Kier molecular flexibility index (Phi) is 6.61. The largest absolute Gasteiger partial charge is 0.378 e. The Morgan fingerprint density at radius 1 is 1.17 bits per heavy atom. The minimum atomic E-state index is 0.753. The van der Waals surface area contributed by atoms with Crippen molar-refractivity contribution in [3.63, 3.8) is 0 Å². The first-order chi connectivity index (χ1) is 11.6. The van der Waals surface area contributed by atoms with Crippen molar-refractivity contribution in [2.24, 2.45) is 4.99 Å². The van der Waals surface area contributed by atoms with Crippen molar-refractivity contribution in [2.75, 3.05) is 32.6 Å². The summed E-state index contributed by atoms with van der Waals surface area (Å²) in [7, 11) is 5.90. The molecule has 0 spiro atoms. The molecule has 1 aromatic carbocycles. The number of rotatable bonds is 6. The van der Waals surface area contributed by atoms with Gasteiger partial charge in [0.15, 0.2) is 5.96 Å². The van der Waals surface area contributed by atoms with E-state index in [0.717, 1.165) is 31.2 Å². The summed E-state index contributed by atoms with van der Waals surface area (Å²) < 4.78 is 0. The zero-order chi connectivity index (χ0) is 17.4. The number of aryl methyl sites for hydroxylation is 1. The monoisotopic (exact) mass is 325 g/mol. The van der Waals surface area contributed by atoms with Gasteiger partial charge >= 0.3 is 0 Å². The fourth-order valence-corrected chi connectivity index (χ4v) is 2.41. The molecule has 2 N–H and O–H groups in total. The molecule has 1 aromatic heterocycles. The zero-order valence-electron chi connectivity index (χ0n) is 15.0. The van der Waals surface area contributed by atoms with Crippen LogP contribution in [0, 0.1) is 6.92 Å². The van der Waals surface area contributed by atoms with Crippen LogP contribution in [-0.4, -0.2) is 38.6 Å². The maximum absolute atomic E-state index is 4.32. The van der Waals surface area contributed by atoms with Crippen LogP contribution >= 0.6 is 0 Å². The molecular weight excluding hydrogens is 298 g/mol. The summed E-state index contributed by atoms with van der Waals surface area (Å²) in [4.78, 5) is 10.7. The molecule has 0 aliphatic carbocycles. The van der Waals surface area contributed by atoms with Gasteiger partial charge in [-0.25, -0.2) is 0 Å². The van der Waals surface area contributed by atoms with Gasteiger partial charge in [-0.15, -0.1) is 0 Å². The number of pyridine rings is 1. The second-order valence-corrected chi connectivity index (χ2v) is 5.93. The highest BCUT2D eigenvalue weighted by Crippen LogP contribution is 2.17. The Balaban J connectivity index is 1.83. The van der Waals surface area contributed by atoms with E-state index in [4.69, 9.17) is 0 Å². The van der Waals surface area contributed by atoms with Crippen LogP contribution in [0.2, 0.25) is 0 Å². The molecule has 2 rings (SSSR count). The summed E-state index contributed by atoms with van der Waals surface area (Å²) in [6.07, 6.45) is 2.70. The number of guanidine groups is 1. The van der Waals surface area contributed by atoms with E-state index in [1.54, 1.807) is 7.05 Å². The SMILES string of the molecule is CN=C(NCCc1ccccn1)NCc1ccc(N(C)C)cc1C. The first kappa shape index (κ1) is 17.8. The average molecular weight is 325 g/mol. The maximum Gasteiger partial charge on any atom is 0.191 e. The molecule has 5 nitrogen and oxygen atoms in total. The van der Waals surface area contributed by atoms with Gasteiger partial charge in [0, 0.05) is 58.2 Å². The van der Waals surface area contributed by atoms with Crippen LogP contribution in [0.25, 0.3) is 0 Å². The summed E-state index contributed by atoms with van der Waals surface area (Å²) in [5.41, 5.74) is 4.84. The molecule has 0 unspecified atom stereocenters. The van der Waals surface area contributed by atoms with Gasteiger partial charge in [-0.05, 0) is 42.3 Å². The summed E-state index contributed by atoms with van der Waals surface area (Å²) in [5.74, 6) is 0.807. The minimum absolute atomic E-state index is 0.753. The molecule has 0 saturated heterocycles. The number of benzene rings is 1. The van der Waals surface area contributed by atoms with Crippen molar-refractivity contribution >= 4 is 11.6 Å². The zero-order valence-corrected chi connectivity index (χ0v) is 15.0. The number of aliphatic imine (C=N–C) groups is 1. The summed E-state index contributed by atoms with van der Waals surface area (Å²) >= 11 is 0. The highest BCUT2D eigenvalue weighted by atomic mass is 15.2. The molecule has 0 fully saturated rings. The predicted octanol–water partition coefficient (Wildman–Crippen LogP) is 2.36. The van der Waals surface area contributed by atoms with Crippen molar-refractivity contribution in [1.29, 1.82) is 0 Å². The van der Waals surface area contributed by atoms with Crippen molar-refractivity contribution in [2.45, 2.75) is 19.9 Å². The van der Waals surface area contributed by atoms with E-state index >= 15 is 0 Å². The third kappa shape index (κ3) is 5.26. The molecule has 128 valence electrons. The van der Waals surface area contributed by atoms with E-state index < -0.39 is 0 Å². The van der Waals surface area contributed by atoms with E-state index in [2.05, 4.69) is 64.7 Å². The van der Waals surface area contributed by atoms with Gasteiger partial charge in [0.2, 0.25) is 0 Å². The van der Waals surface area contributed by atoms with E-state index in [9.17, 15) is 0 Å². The Labute approximate surface area is 144 Å². The second-order valence-electron chi connectivity index (χ2n) is 5.93. The van der Waals surface area contributed by atoms with E-state index in [1.165, 1.54) is 16.8 Å². The van der Waals surface area contributed by atoms with Crippen molar-refractivity contribution in [3.05, 3.63) is 59.4 Å². The molecule has 0 aliphatic rings. The van der Waals surface area contributed by atoms with Gasteiger partial charge in [-0.1, -0.05) is 12.1 Å². The Morgan fingerprint density at radius 2 is 2.00 bits per heavy atom. The van der Waals surface area contributed by atoms with E-state index in [0.29, 0.717) is 0 Å². The summed E-state index contributed by atoms with van der Waals surface area (Å²) in [6.45, 7) is 3.69. The summed E-state index contributed by atoms with van der Waals surface area (Å²) in [6, 6.07) is 12.5. The van der Waals surface area contributed by atoms with Crippen molar-refractivity contribution in [3.8, 4) is 0 Å². The van der Waals surface area contributed by atoms with Crippen LogP contribution in [-0.2, 0) is 13.0 Å². The van der Waals surface area contributed by atoms with Gasteiger partial charge < -0.3 is 15.5 Å². The van der Waals surface area contributed by atoms with Gasteiger partial charge in [-0.2, -0.15) is 0 Å². The normalized spacial score (nSPS) is 11.2. The number of aromatic nitrogens is 1. The quantitative estimate of drug-likeness (QED) is 0.632. The first-order valence-corrected chi connectivity index (χ1v) is 8.21. The van der Waals surface area contributed by atoms with Gasteiger partial charge in [-0.3, -0.25) is 9.98 Å². The van der Waals surface area contributed by atoms with Crippen LogP contribution in [0.3, 0.4) is 0 Å². The van der Waals surface area contributed by atoms with Crippen molar-refractivity contribution in [1.82, 2.24) is 15.6 Å². The van der Waals surface area contributed by atoms with Crippen LogP contribution < -0.4 is 15.5 Å². The van der Waals surface area contributed by atoms with Crippen LogP contribution in [0.5, 0.6) is 0 Å². The lowest BCUT2D eigenvalue weighted by Gasteiger charge is -2.16. The Bertz CT molecular complexity index is 665. The number of nitrogens with one attached hydrogen (secondary N) is 2. The standard InChI is InChI=1S/C19H27N5/c1-15-13-18(24(3)4)9-8-16(15)14-23-19(20-2)22-12-10-17-7-5-6-11-21-17/h5-9,11,13H,10,12,14H2,1-4H3,(H2,20,22,23). The number of anilines is 1. The smallest absolute Gasteiger partial charge is 0.191 e. The first-order valence-electron chi connectivity index (χ1n) is 8.21. The molecule has 0 amide bonds.